The fourth-order valence-corrected chi connectivity index (χ4v) is 1.59. The van der Waals surface area contributed by atoms with Gasteiger partial charge in [0.1, 0.15) is 5.75 Å². The lowest BCUT2D eigenvalue weighted by Crippen LogP contribution is -2.10. The fourth-order valence-electron chi connectivity index (χ4n) is 1.59. The van der Waals surface area contributed by atoms with Crippen molar-refractivity contribution in [3.05, 3.63) is 29.3 Å². The first-order valence-corrected chi connectivity index (χ1v) is 5.87. The second-order valence-electron chi connectivity index (χ2n) is 4.26. The van der Waals surface area contributed by atoms with Gasteiger partial charge in [-0.25, -0.2) is 0 Å². The zero-order valence-electron chi connectivity index (χ0n) is 10.3. The SMILES string of the molecule is CCC(CC)COc1cc(C)ccc1C. The first-order chi connectivity index (χ1) is 7.17. The number of aryl methyl sites for hydroxylation is 2. The minimum atomic E-state index is 0.685. The molecule has 0 atom stereocenters. The van der Waals surface area contributed by atoms with E-state index in [1.807, 2.05) is 0 Å². The molecule has 0 unspecified atom stereocenters. The number of rotatable bonds is 5. The summed E-state index contributed by atoms with van der Waals surface area (Å²) in [5, 5.41) is 0. The highest BCUT2D eigenvalue weighted by atomic mass is 16.5. The maximum absolute atomic E-state index is 5.86. The van der Waals surface area contributed by atoms with Crippen LogP contribution in [-0.4, -0.2) is 6.61 Å². The third-order valence-corrected chi connectivity index (χ3v) is 2.97. The van der Waals surface area contributed by atoms with Crippen LogP contribution in [0.25, 0.3) is 0 Å². The largest absolute Gasteiger partial charge is 0.493 e. The fraction of sp³-hybridized carbons (Fsp3) is 0.571. The Labute approximate surface area is 93.5 Å². The zero-order valence-corrected chi connectivity index (χ0v) is 10.3. The van der Waals surface area contributed by atoms with Crippen LogP contribution in [0.4, 0.5) is 0 Å². The molecule has 0 fully saturated rings. The summed E-state index contributed by atoms with van der Waals surface area (Å²) < 4.78 is 5.86. The Morgan fingerprint density at radius 3 is 2.40 bits per heavy atom. The van der Waals surface area contributed by atoms with Gasteiger partial charge in [0.15, 0.2) is 0 Å². The van der Waals surface area contributed by atoms with Crippen molar-refractivity contribution < 1.29 is 4.74 Å². The predicted molar refractivity (Wildman–Crippen MR) is 65.5 cm³/mol. The highest BCUT2D eigenvalue weighted by molar-refractivity contribution is 5.35. The third kappa shape index (κ3) is 3.58. The van der Waals surface area contributed by atoms with E-state index in [-0.39, 0.29) is 0 Å². The number of hydrogen-bond donors (Lipinski definition) is 0. The van der Waals surface area contributed by atoms with E-state index < -0.39 is 0 Å². The molecular formula is C14H22O. The molecule has 0 aliphatic heterocycles. The van der Waals surface area contributed by atoms with Crippen molar-refractivity contribution in [2.24, 2.45) is 5.92 Å². The smallest absolute Gasteiger partial charge is 0.122 e. The van der Waals surface area contributed by atoms with Gasteiger partial charge in [-0.3, -0.25) is 0 Å². The number of hydrogen-bond acceptors (Lipinski definition) is 1. The average Bonchev–Trinajstić information content (AvgIpc) is 2.24. The van der Waals surface area contributed by atoms with E-state index in [9.17, 15) is 0 Å². The van der Waals surface area contributed by atoms with E-state index in [1.54, 1.807) is 0 Å². The molecule has 1 rings (SSSR count). The van der Waals surface area contributed by atoms with Gasteiger partial charge in [-0.15, -0.1) is 0 Å². The number of ether oxygens (including phenoxy) is 1. The summed E-state index contributed by atoms with van der Waals surface area (Å²) in [4.78, 5) is 0. The van der Waals surface area contributed by atoms with Crippen molar-refractivity contribution in [2.75, 3.05) is 6.61 Å². The molecule has 0 saturated heterocycles. The van der Waals surface area contributed by atoms with Crippen molar-refractivity contribution in [3.8, 4) is 5.75 Å². The average molecular weight is 206 g/mol. The molecule has 1 aromatic carbocycles. The van der Waals surface area contributed by atoms with E-state index in [4.69, 9.17) is 4.74 Å². The zero-order chi connectivity index (χ0) is 11.3. The van der Waals surface area contributed by atoms with Crippen LogP contribution >= 0.6 is 0 Å². The maximum atomic E-state index is 5.86. The van der Waals surface area contributed by atoms with Gasteiger partial charge in [0.2, 0.25) is 0 Å². The summed E-state index contributed by atoms with van der Waals surface area (Å²) >= 11 is 0. The van der Waals surface area contributed by atoms with E-state index in [0.29, 0.717) is 5.92 Å². The van der Waals surface area contributed by atoms with Gasteiger partial charge in [-0.05, 0) is 37.0 Å². The van der Waals surface area contributed by atoms with E-state index in [2.05, 4.69) is 45.9 Å². The molecule has 0 aliphatic carbocycles. The molecule has 0 aromatic heterocycles. The molecule has 84 valence electrons. The van der Waals surface area contributed by atoms with Gasteiger partial charge in [0.25, 0.3) is 0 Å². The van der Waals surface area contributed by atoms with Gasteiger partial charge in [-0.1, -0.05) is 38.8 Å². The summed E-state index contributed by atoms with van der Waals surface area (Å²) in [5.41, 5.74) is 2.49. The predicted octanol–water partition coefficient (Wildman–Crippen LogP) is 4.12. The summed E-state index contributed by atoms with van der Waals surface area (Å²) in [6, 6.07) is 6.37. The molecule has 0 heterocycles. The standard InChI is InChI=1S/C14H22O/c1-5-13(6-2)10-15-14-9-11(3)7-8-12(14)4/h7-9,13H,5-6,10H2,1-4H3. The molecule has 15 heavy (non-hydrogen) atoms. The van der Waals surface area contributed by atoms with Gasteiger partial charge in [-0.2, -0.15) is 0 Å². The van der Waals surface area contributed by atoms with Crippen molar-refractivity contribution in [1.29, 1.82) is 0 Å². The molecule has 0 spiro atoms. The van der Waals surface area contributed by atoms with Crippen LogP contribution in [0, 0.1) is 19.8 Å². The Kier molecular flexibility index (Phi) is 4.67. The molecule has 1 aromatic rings. The normalized spacial score (nSPS) is 10.7. The molecule has 0 saturated carbocycles. The third-order valence-electron chi connectivity index (χ3n) is 2.97. The van der Waals surface area contributed by atoms with E-state index in [1.165, 1.54) is 24.0 Å². The van der Waals surface area contributed by atoms with Gasteiger partial charge in [0.05, 0.1) is 6.61 Å². The molecular weight excluding hydrogens is 184 g/mol. The van der Waals surface area contributed by atoms with E-state index >= 15 is 0 Å². The van der Waals surface area contributed by atoms with Crippen LogP contribution < -0.4 is 4.74 Å². The summed E-state index contributed by atoms with van der Waals surface area (Å²) in [7, 11) is 0. The van der Waals surface area contributed by atoms with Crippen molar-refractivity contribution in [1.82, 2.24) is 0 Å². The minimum Gasteiger partial charge on any atom is -0.493 e. The molecule has 0 amide bonds. The molecule has 0 aliphatic rings. The molecule has 0 radical (unpaired) electrons. The van der Waals surface area contributed by atoms with E-state index in [0.717, 1.165) is 12.4 Å². The second-order valence-corrected chi connectivity index (χ2v) is 4.26. The first-order valence-electron chi connectivity index (χ1n) is 5.87. The highest BCUT2D eigenvalue weighted by Crippen LogP contribution is 2.20. The van der Waals surface area contributed by atoms with Gasteiger partial charge >= 0.3 is 0 Å². The monoisotopic (exact) mass is 206 g/mol. The summed E-state index contributed by atoms with van der Waals surface area (Å²) in [5.74, 6) is 1.73. The van der Waals surface area contributed by atoms with Crippen LogP contribution in [0.5, 0.6) is 5.75 Å². The molecule has 0 bridgehead atoms. The Hall–Kier alpha value is -0.980. The second kappa shape index (κ2) is 5.79. The van der Waals surface area contributed by atoms with Gasteiger partial charge < -0.3 is 4.74 Å². The van der Waals surface area contributed by atoms with Crippen molar-refractivity contribution >= 4 is 0 Å². The lowest BCUT2D eigenvalue weighted by atomic mass is 10.1. The lowest BCUT2D eigenvalue weighted by Gasteiger charge is -2.15. The quantitative estimate of drug-likeness (QED) is 0.704. The van der Waals surface area contributed by atoms with Crippen LogP contribution in [0.3, 0.4) is 0 Å². The first kappa shape index (κ1) is 12.1. The van der Waals surface area contributed by atoms with Crippen LogP contribution in [0.2, 0.25) is 0 Å². The molecule has 1 nitrogen and oxygen atoms in total. The summed E-state index contributed by atoms with van der Waals surface area (Å²) in [6.07, 6.45) is 2.39. The lowest BCUT2D eigenvalue weighted by molar-refractivity contribution is 0.239. The van der Waals surface area contributed by atoms with Gasteiger partial charge in [0, 0.05) is 0 Å². The van der Waals surface area contributed by atoms with Crippen LogP contribution in [0.1, 0.15) is 37.8 Å². The highest BCUT2D eigenvalue weighted by Gasteiger charge is 2.05. The Balaban J connectivity index is 2.60. The van der Waals surface area contributed by atoms with Crippen LogP contribution in [0.15, 0.2) is 18.2 Å². The topological polar surface area (TPSA) is 9.23 Å². The summed E-state index contributed by atoms with van der Waals surface area (Å²) in [6.45, 7) is 9.49. The Morgan fingerprint density at radius 2 is 1.80 bits per heavy atom. The maximum Gasteiger partial charge on any atom is 0.122 e. The Morgan fingerprint density at radius 1 is 1.13 bits per heavy atom. The van der Waals surface area contributed by atoms with Crippen molar-refractivity contribution in [3.63, 3.8) is 0 Å². The van der Waals surface area contributed by atoms with Crippen molar-refractivity contribution in [2.45, 2.75) is 40.5 Å². The molecule has 0 N–H and O–H groups in total. The molecule has 1 heteroatoms. The minimum absolute atomic E-state index is 0.685. The van der Waals surface area contributed by atoms with Crippen LogP contribution in [-0.2, 0) is 0 Å². The number of benzene rings is 1. The Bertz CT molecular complexity index is 300.